The van der Waals surface area contributed by atoms with Crippen molar-refractivity contribution in [3.05, 3.63) is 18.1 Å². The average Bonchev–Trinajstić information content (AvgIpc) is 3.07. The molecule has 1 aliphatic carbocycles. The van der Waals surface area contributed by atoms with Gasteiger partial charge in [-0.3, -0.25) is 4.79 Å². The minimum absolute atomic E-state index is 0.101. The van der Waals surface area contributed by atoms with Crippen LogP contribution in [0.1, 0.15) is 38.4 Å². The number of rotatable bonds is 7. The standard InChI is InChI=1S/C16H25NO3S/c1-4-17-16(15(18)19-3)9-5-6-13(16)8-11-21-14-7-10-20-12(14)2/h7,10,13,17H,4-6,8-9,11H2,1-3H3. The third-order valence-corrected chi connectivity index (χ3v) is 5.57. The number of nitrogens with one attached hydrogen (secondary N) is 1. The number of furan rings is 1. The van der Waals surface area contributed by atoms with Crippen LogP contribution >= 0.6 is 11.8 Å². The maximum atomic E-state index is 12.3. The first kappa shape index (κ1) is 16.4. The Bertz CT molecular complexity index is 474. The fraction of sp³-hybridized carbons (Fsp3) is 0.688. The molecule has 5 heteroatoms. The molecule has 2 unspecified atom stereocenters. The lowest BCUT2D eigenvalue weighted by atomic mass is 9.85. The number of ether oxygens (including phenoxy) is 1. The van der Waals surface area contributed by atoms with Gasteiger partial charge in [0.15, 0.2) is 0 Å². The normalized spacial score (nSPS) is 25.2. The first-order valence-electron chi connectivity index (χ1n) is 7.64. The Hall–Kier alpha value is -0.940. The van der Waals surface area contributed by atoms with Crippen LogP contribution in [0.2, 0.25) is 0 Å². The fourth-order valence-corrected chi connectivity index (χ4v) is 4.40. The topological polar surface area (TPSA) is 51.5 Å². The van der Waals surface area contributed by atoms with Crippen LogP contribution in [0.4, 0.5) is 0 Å². The Kier molecular flexibility index (Phi) is 5.76. The molecule has 0 amide bonds. The molecule has 2 rings (SSSR count). The van der Waals surface area contributed by atoms with Crippen molar-refractivity contribution in [1.82, 2.24) is 5.32 Å². The zero-order valence-corrected chi connectivity index (χ0v) is 13.9. The Labute approximate surface area is 131 Å². The van der Waals surface area contributed by atoms with E-state index in [-0.39, 0.29) is 5.97 Å². The summed E-state index contributed by atoms with van der Waals surface area (Å²) in [6.45, 7) is 4.82. The molecule has 1 heterocycles. The molecule has 2 atom stereocenters. The average molecular weight is 311 g/mol. The van der Waals surface area contributed by atoms with E-state index in [1.54, 1.807) is 18.0 Å². The van der Waals surface area contributed by atoms with Gasteiger partial charge in [-0.05, 0) is 50.5 Å². The van der Waals surface area contributed by atoms with Crippen molar-refractivity contribution < 1.29 is 13.9 Å². The monoisotopic (exact) mass is 311 g/mol. The van der Waals surface area contributed by atoms with E-state index in [1.807, 2.05) is 19.9 Å². The van der Waals surface area contributed by atoms with Gasteiger partial charge in [-0.15, -0.1) is 11.8 Å². The van der Waals surface area contributed by atoms with Crippen LogP contribution in [0, 0.1) is 12.8 Å². The van der Waals surface area contributed by atoms with E-state index in [0.29, 0.717) is 5.92 Å². The number of hydrogen-bond acceptors (Lipinski definition) is 5. The van der Waals surface area contributed by atoms with Gasteiger partial charge in [-0.25, -0.2) is 0 Å². The van der Waals surface area contributed by atoms with Gasteiger partial charge >= 0.3 is 5.97 Å². The van der Waals surface area contributed by atoms with Crippen molar-refractivity contribution in [3.63, 3.8) is 0 Å². The molecule has 1 saturated carbocycles. The molecule has 0 radical (unpaired) electrons. The van der Waals surface area contributed by atoms with Gasteiger partial charge < -0.3 is 14.5 Å². The highest BCUT2D eigenvalue weighted by Gasteiger charge is 2.48. The van der Waals surface area contributed by atoms with E-state index < -0.39 is 5.54 Å². The summed E-state index contributed by atoms with van der Waals surface area (Å²) in [5, 5.41) is 3.41. The summed E-state index contributed by atoms with van der Waals surface area (Å²) in [4.78, 5) is 13.5. The van der Waals surface area contributed by atoms with Gasteiger partial charge in [0.05, 0.1) is 13.4 Å². The van der Waals surface area contributed by atoms with Gasteiger partial charge in [0.1, 0.15) is 11.3 Å². The number of thioether (sulfide) groups is 1. The third kappa shape index (κ3) is 3.46. The highest BCUT2D eigenvalue weighted by Crippen LogP contribution is 2.40. The molecule has 1 aliphatic rings. The molecule has 0 bridgehead atoms. The van der Waals surface area contributed by atoms with Crippen molar-refractivity contribution in [3.8, 4) is 0 Å². The third-order valence-electron chi connectivity index (χ3n) is 4.40. The second-order valence-electron chi connectivity index (χ2n) is 5.56. The van der Waals surface area contributed by atoms with Crippen LogP contribution in [0.25, 0.3) is 0 Å². The van der Waals surface area contributed by atoms with E-state index in [9.17, 15) is 4.79 Å². The minimum atomic E-state index is -0.477. The number of hydrogen-bond donors (Lipinski definition) is 1. The number of likely N-dealkylation sites (N-methyl/N-ethyl adjacent to an activating group) is 1. The molecular formula is C16H25NO3S. The van der Waals surface area contributed by atoms with Gasteiger partial charge in [-0.1, -0.05) is 13.3 Å². The predicted octanol–water partition coefficient (Wildman–Crippen LogP) is 3.39. The van der Waals surface area contributed by atoms with Crippen LogP contribution in [-0.2, 0) is 9.53 Å². The molecule has 1 N–H and O–H groups in total. The Morgan fingerprint density at radius 2 is 2.43 bits per heavy atom. The largest absolute Gasteiger partial charge is 0.468 e. The first-order valence-corrected chi connectivity index (χ1v) is 8.63. The van der Waals surface area contributed by atoms with Gasteiger partial charge in [0.2, 0.25) is 0 Å². The highest BCUT2D eigenvalue weighted by atomic mass is 32.2. The van der Waals surface area contributed by atoms with Gasteiger partial charge in [0.25, 0.3) is 0 Å². The molecule has 1 fully saturated rings. The van der Waals surface area contributed by atoms with Crippen molar-refractivity contribution in [2.24, 2.45) is 5.92 Å². The van der Waals surface area contributed by atoms with Crippen molar-refractivity contribution in [2.75, 3.05) is 19.4 Å². The molecule has 0 aliphatic heterocycles. The molecule has 1 aromatic heterocycles. The van der Waals surface area contributed by atoms with Crippen LogP contribution in [0.3, 0.4) is 0 Å². The van der Waals surface area contributed by atoms with Crippen LogP contribution in [0.5, 0.6) is 0 Å². The van der Waals surface area contributed by atoms with Crippen molar-refractivity contribution >= 4 is 17.7 Å². The summed E-state index contributed by atoms with van der Waals surface area (Å²) in [6, 6.07) is 2.01. The number of esters is 1. The van der Waals surface area contributed by atoms with Crippen molar-refractivity contribution in [1.29, 1.82) is 0 Å². The first-order chi connectivity index (χ1) is 10.1. The van der Waals surface area contributed by atoms with Crippen molar-refractivity contribution in [2.45, 2.75) is 50.0 Å². The molecule has 1 aromatic rings. The Balaban J connectivity index is 1.97. The Morgan fingerprint density at radius 1 is 1.62 bits per heavy atom. The number of aryl methyl sites for hydroxylation is 1. The molecule has 4 nitrogen and oxygen atoms in total. The fourth-order valence-electron chi connectivity index (χ4n) is 3.37. The lowest BCUT2D eigenvalue weighted by Crippen LogP contribution is -2.55. The second-order valence-corrected chi connectivity index (χ2v) is 6.70. The van der Waals surface area contributed by atoms with E-state index in [2.05, 4.69) is 5.32 Å². The summed E-state index contributed by atoms with van der Waals surface area (Å²) < 4.78 is 10.4. The minimum Gasteiger partial charge on any atom is -0.468 e. The zero-order valence-electron chi connectivity index (χ0n) is 13.1. The van der Waals surface area contributed by atoms with E-state index >= 15 is 0 Å². The van der Waals surface area contributed by atoms with E-state index in [1.165, 1.54) is 12.0 Å². The van der Waals surface area contributed by atoms with Crippen LogP contribution < -0.4 is 5.32 Å². The summed E-state index contributed by atoms with van der Waals surface area (Å²) in [5.74, 6) is 2.22. The molecular weight excluding hydrogens is 286 g/mol. The number of methoxy groups -OCH3 is 1. The summed E-state index contributed by atoms with van der Waals surface area (Å²) >= 11 is 1.81. The van der Waals surface area contributed by atoms with E-state index in [4.69, 9.17) is 9.15 Å². The summed E-state index contributed by atoms with van der Waals surface area (Å²) in [7, 11) is 1.49. The second kappa shape index (κ2) is 7.36. The SMILES string of the molecule is CCNC1(C(=O)OC)CCCC1CCSc1ccoc1C. The number of carbonyl (C=O) groups excluding carboxylic acids is 1. The molecule has 0 aromatic carbocycles. The smallest absolute Gasteiger partial charge is 0.326 e. The lowest BCUT2D eigenvalue weighted by molar-refractivity contribution is -0.150. The maximum absolute atomic E-state index is 12.3. The van der Waals surface area contributed by atoms with E-state index in [0.717, 1.165) is 43.7 Å². The highest BCUT2D eigenvalue weighted by molar-refractivity contribution is 7.99. The molecule has 118 valence electrons. The zero-order chi connectivity index (χ0) is 15.3. The summed E-state index contributed by atoms with van der Waals surface area (Å²) in [5.41, 5.74) is -0.477. The molecule has 21 heavy (non-hydrogen) atoms. The van der Waals surface area contributed by atoms with Gasteiger partial charge in [-0.2, -0.15) is 0 Å². The number of carbonyl (C=O) groups is 1. The molecule has 0 saturated heterocycles. The predicted molar refractivity (Wildman–Crippen MR) is 84.6 cm³/mol. The van der Waals surface area contributed by atoms with Crippen LogP contribution in [-0.4, -0.2) is 30.9 Å². The maximum Gasteiger partial charge on any atom is 0.326 e. The summed E-state index contributed by atoms with van der Waals surface area (Å²) in [6.07, 6.45) is 5.80. The Morgan fingerprint density at radius 3 is 3.05 bits per heavy atom. The van der Waals surface area contributed by atoms with Crippen LogP contribution in [0.15, 0.2) is 21.6 Å². The molecule has 0 spiro atoms. The lowest BCUT2D eigenvalue weighted by Gasteiger charge is -2.33. The van der Waals surface area contributed by atoms with Gasteiger partial charge in [0, 0.05) is 4.90 Å². The quantitative estimate of drug-likeness (QED) is 0.618.